The van der Waals surface area contributed by atoms with Gasteiger partial charge in [0.2, 0.25) is 0 Å². The Morgan fingerprint density at radius 2 is 2.03 bits per heavy atom. The van der Waals surface area contributed by atoms with E-state index in [0.29, 0.717) is 14.7 Å². The normalized spacial score (nSPS) is 14.9. The molecule has 3 aromatic heterocycles. The number of hydrogen-bond acceptors (Lipinski definition) is 8. The van der Waals surface area contributed by atoms with Gasteiger partial charge in [-0.2, -0.15) is 8.42 Å². The number of para-hydroxylation sites is 1. The van der Waals surface area contributed by atoms with Gasteiger partial charge in [-0.3, -0.25) is 4.79 Å². The van der Waals surface area contributed by atoms with Crippen molar-refractivity contribution < 1.29 is 13.5 Å². The lowest BCUT2D eigenvalue weighted by Crippen LogP contribution is -2.32. The van der Waals surface area contributed by atoms with Gasteiger partial charge in [-0.15, -0.1) is 27.1 Å². The summed E-state index contributed by atoms with van der Waals surface area (Å²) in [6, 6.07) is 7.96. The van der Waals surface area contributed by atoms with Gasteiger partial charge in [0.1, 0.15) is 10.5 Å². The number of nitrogens with one attached hydrogen (secondary N) is 1. The van der Waals surface area contributed by atoms with Crippen LogP contribution < -0.4 is 10.9 Å². The smallest absolute Gasteiger partial charge is 0.286 e. The Morgan fingerprint density at radius 3 is 2.80 bits per heavy atom. The molecular weight excluding hydrogens is 468 g/mol. The lowest BCUT2D eigenvalue weighted by atomic mass is 10.2. The Kier molecular flexibility index (Phi) is 4.43. The van der Waals surface area contributed by atoms with Crippen LogP contribution in [0.4, 0.5) is 5.69 Å². The molecule has 4 aromatic rings. The minimum Gasteiger partial charge on any atom is -0.505 e. The number of thiophene rings is 1. The van der Waals surface area contributed by atoms with Crippen molar-refractivity contribution in [3.8, 4) is 5.75 Å². The molecule has 8 nitrogen and oxygen atoms in total. The lowest BCUT2D eigenvalue weighted by molar-refractivity contribution is 0.479. The van der Waals surface area contributed by atoms with Crippen molar-refractivity contribution in [2.45, 2.75) is 11.4 Å². The number of thiazole rings is 1. The highest BCUT2D eigenvalue weighted by Crippen LogP contribution is 2.35. The van der Waals surface area contributed by atoms with Gasteiger partial charge in [-0.1, -0.05) is 23.7 Å². The van der Waals surface area contributed by atoms with Gasteiger partial charge in [0.25, 0.3) is 15.6 Å². The van der Waals surface area contributed by atoms with Crippen molar-refractivity contribution >= 4 is 66.0 Å². The van der Waals surface area contributed by atoms with E-state index in [-0.39, 0.29) is 34.3 Å². The number of amidine groups is 1. The van der Waals surface area contributed by atoms with E-state index in [4.69, 9.17) is 11.6 Å². The number of nitrogens with zero attached hydrogens (tertiary/aromatic N) is 3. The standard InChI is InChI=1S/C18H11ClN4O4S3/c19-18-20-7-9(29-18)8-23-11-5-6-28-15(11)14(24)13(17(23)25)16-21-10-3-1-2-4-12(10)30(26,27)22-16/h1-7,24H,8H2,(H,21,22). The van der Waals surface area contributed by atoms with Crippen LogP contribution in [-0.2, 0) is 16.6 Å². The molecule has 0 saturated carbocycles. The third-order valence-corrected chi connectivity index (χ3v) is 7.90. The van der Waals surface area contributed by atoms with Gasteiger partial charge in [0, 0.05) is 11.1 Å². The topological polar surface area (TPSA) is 114 Å². The van der Waals surface area contributed by atoms with Gasteiger partial charge in [-0.25, -0.2) is 4.98 Å². The fraction of sp³-hybridized carbons (Fsp3) is 0.0556. The molecule has 0 aliphatic carbocycles. The van der Waals surface area contributed by atoms with Crippen molar-refractivity contribution in [2.24, 2.45) is 4.40 Å². The van der Waals surface area contributed by atoms with E-state index < -0.39 is 15.6 Å². The molecule has 4 heterocycles. The maximum absolute atomic E-state index is 13.4. The maximum atomic E-state index is 13.4. The van der Waals surface area contributed by atoms with Crippen LogP contribution in [0.5, 0.6) is 5.75 Å². The number of hydrogen-bond donors (Lipinski definition) is 2. The van der Waals surface area contributed by atoms with Gasteiger partial charge in [0.05, 0.1) is 22.4 Å². The summed E-state index contributed by atoms with van der Waals surface area (Å²) in [6.45, 7) is 0.167. The van der Waals surface area contributed by atoms with Crippen molar-refractivity contribution in [2.75, 3.05) is 5.32 Å². The fourth-order valence-corrected chi connectivity index (χ4v) is 6.19. The summed E-state index contributed by atoms with van der Waals surface area (Å²) >= 11 is 8.38. The second kappa shape index (κ2) is 6.91. The van der Waals surface area contributed by atoms with E-state index in [0.717, 1.165) is 4.88 Å². The van der Waals surface area contributed by atoms with Crippen LogP contribution in [0.1, 0.15) is 10.4 Å². The van der Waals surface area contributed by atoms with E-state index in [9.17, 15) is 18.3 Å². The first-order chi connectivity index (χ1) is 14.3. The molecule has 12 heteroatoms. The number of aromatic hydroxyl groups is 1. The number of pyridine rings is 1. The molecule has 0 unspecified atom stereocenters. The van der Waals surface area contributed by atoms with E-state index in [1.807, 2.05) is 0 Å². The second-order valence-corrected chi connectivity index (χ2v) is 10.6. The number of benzene rings is 1. The van der Waals surface area contributed by atoms with E-state index in [1.165, 1.54) is 33.3 Å². The fourth-order valence-electron chi connectivity index (χ4n) is 3.26. The quantitative estimate of drug-likeness (QED) is 0.466. The summed E-state index contributed by atoms with van der Waals surface area (Å²) in [4.78, 5) is 18.1. The maximum Gasteiger partial charge on any atom is 0.286 e. The van der Waals surface area contributed by atoms with Crippen LogP contribution in [-0.4, -0.2) is 28.9 Å². The van der Waals surface area contributed by atoms with Gasteiger partial charge >= 0.3 is 0 Å². The molecule has 0 fully saturated rings. The summed E-state index contributed by atoms with van der Waals surface area (Å²) in [5.41, 5.74) is 0.0196. The summed E-state index contributed by atoms with van der Waals surface area (Å²) in [5.74, 6) is -0.535. The Balaban J connectivity index is 1.75. The monoisotopic (exact) mass is 478 g/mol. The predicted octanol–water partition coefficient (Wildman–Crippen LogP) is 3.49. The Labute approximate surface area is 182 Å². The van der Waals surface area contributed by atoms with Crippen molar-refractivity contribution in [3.63, 3.8) is 0 Å². The molecule has 0 amide bonds. The zero-order valence-corrected chi connectivity index (χ0v) is 18.1. The number of anilines is 1. The molecule has 0 bridgehead atoms. The highest BCUT2D eigenvalue weighted by Gasteiger charge is 2.30. The molecule has 2 N–H and O–H groups in total. The number of halogens is 1. The first-order valence-electron chi connectivity index (χ1n) is 8.50. The Hall–Kier alpha value is -2.73. The van der Waals surface area contributed by atoms with Crippen LogP contribution in [0.25, 0.3) is 10.2 Å². The molecule has 5 rings (SSSR count). The van der Waals surface area contributed by atoms with Crippen LogP contribution in [0, 0.1) is 0 Å². The van der Waals surface area contributed by atoms with Crippen LogP contribution >= 0.6 is 34.3 Å². The SMILES string of the molecule is O=c1c(C2=NS(=O)(=O)c3ccccc3N2)c(O)c2sccc2n1Cc1cnc(Cl)s1. The number of fused-ring (bicyclic) bond motifs is 2. The Bertz CT molecular complexity index is 1520. The van der Waals surface area contributed by atoms with E-state index in [1.54, 1.807) is 35.8 Å². The molecule has 0 saturated heterocycles. The van der Waals surface area contributed by atoms with Crippen molar-refractivity contribution in [1.82, 2.24) is 9.55 Å². The van der Waals surface area contributed by atoms with Crippen LogP contribution in [0.3, 0.4) is 0 Å². The molecule has 0 spiro atoms. The predicted molar refractivity (Wildman–Crippen MR) is 118 cm³/mol. The molecule has 0 radical (unpaired) electrons. The molecule has 30 heavy (non-hydrogen) atoms. The average molecular weight is 479 g/mol. The number of aromatic nitrogens is 2. The van der Waals surface area contributed by atoms with Crippen LogP contribution in [0.15, 0.2) is 56.0 Å². The summed E-state index contributed by atoms with van der Waals surface area (Å²) in [7, 11) is -4.04. The number of rotatable bonds is 3. The first-order valence-corrected chi connectivity index (χ1v) is 12.0. The third-order valence-electron chi connectivity index (χ3n) is 4.55. The van der Waals surface area contributed by atoms with E-state index >= 15 is 0 Å². The highest BCUT2D eigenvalue weighted by atomic mass is 35.5. The van der Waals surface area contributed by atoms with Gasteiger partial charge in [-0.05, 0) is 23.6 Å². The molecule has 1 aliphatic rings. The minimum absolute atomic E-state index is 0.00469. The van der Waals surface area contributed by atoms with Crippen molar-refractivity contribution in [1.29, 1.82) is 0 Å². The second-order valence-electron chi connectivity index (χ2n) is 6.37. The zero-order valence-electron chi connectivity index (χ0n) is 14.9. The van der Waals surface area contributed by atoms with E-state index in [2.05, 4.69) is 14.7 Å². The zero-order chi connectivity index (χ0) is 21.0. The highest BCUT2D eigenvalue weighted by molar-refractivity contribution is 7.90. The summed E-state index contributed by atoms with van der Waals surface area (Å²) in [5, 5.41) is 15.5. The lowest BCUT2D eigenvalue weighted by Gasteiger charge is -2.19. The van der Waals surface area contributed by atoms with Crippen LogP contribution in [0.2, 0.25) is 4.47 Å². The summed E-state index contributed by atoms with van der Waals surface area (Å²) < 4.78 is 31.3. The molecule has 0 atom stereocenters. The molecule has 152 valence electrons. The molecule has 1 aromatic carbocycles. The van der Waals surface area contributed by atoms with Crippen molar-refractivity contribution in [3.05, 3.63) is 67.2 Å². The Morgan fingerprint density at radius 1 is 1.23 bits per heavy atom. The molecule has 1 aliphatic heterocycles. The van der Waals surface area contributed by atoms with Gasteiger partial charge in [0.15, 0.2) is 16.1 Å². The summed E-state index contributed by atoms with van der Waals surface area (Å²) in [6.07, 6.45) is 1.57. The first kappa shape index (κ1) is 19.2. The number of sulfonamides is 1. The average Bonchev–Trinajstić information content (AvgIpc) is 3.34. The minimum atomic E-state index is -4.04. The molecular formula is C18H11ClN4O4S3. The largest absolute Gasteiger partial charge is 0.505 e. The van der Waals surface area contributed by atoms with Gasteiger partial charge < -0.3 is 15.0 Å². The third kappa shape index (κ3) is 3.01.